The van der Waals surface area contributed by atoms with Gasteiger partial charge in [0.05, 0.1) is 22.7 Å². The van der Waals surface area contributed by atoms with E-state index in [-0.39, 0.29) is 24.0 Å². The smallest absolute Gasteiger partial charge is 0.324 e. The zero-order valence-electron chi connectivity index (χ0n) is 19.0. The minimum absolute atomic E-state index is 0.0430. The van der Waals surface area contributed by atoms with Gasteiger partial charge < -0.3 is 15.1 Å². The van der Waals surface area contributed by atoms with E-state index in [9.17, 15) is 9.59 Å². The number of aliphatic imine (C=N–C) groups is 1. The third-order valence-electron chi connectivity index (χ3n) is 6.71. The fraction of sp³-hybridized carbons (Fsp3) is 0.727. The number of anilines is 1. The van der Waals surface area contributed by atoms with Crippen LogP contribution in [0.25, 0.3) is 0 Å². The van der Waals surface area contributed by atoms with E-state index >= 15 is 0 Å². The second-order valence-electron chi connectivity index (χ2n) is 9.02. The molecule has 10 heteroatoms. The molecule has 3 heterocycles. The van der Waals surface area contributed by atoms with Crippen molar-refractivity contribution in [3.05, 3.63) is 6.20 Å². The molecule has 0 unspecified atom stereocenters. The van der Waals surface area contributed by atoms with Crippen molar-refractivity contribution in [3.8, 4) is 0 Å². The van der Waals surface area contributed by atoms with Crippen LogP contribution in [-0.2, 0) is 4.79 Å². The number of urea groups is 1. The fourth-order valence-electron chi connectivity index (χ4n) is 4.83. The lowest BCUT2D eigenvalue weighted by molar-refractivity contribution is -0.130. The third kappa shape index (κ3) is 5.95. The van der Waals surface area contributed by atoms with E-state index in [1.165, 1.54) is 11.3 Å². The Hall–Kier alpha value is -1.81. The topological polar surface area (TPSA) is 89.9 Å². The lowest BCUT2D eigenvalue weighted by Crippen LogP contribution is -2.54. The maximum Gasteiger partial charge on any atom is 0.324 e. The Morgan fingerprint density at radius 3 is 2.59 bits per heavy atom. The molecule has 4 rings (SSSR count). The molecule has 8 nitrogen and oxygen atoms in total. The molecule has 176 valence electrons. The first-order valence-electron chi connectivity index (χ1n) is 11.7. The lowest BCUT2D eigenvalue weighted by Gasteiger charge is -2.44. The summed E-state index contributed by atoms with van der Waals surface area (Å²) in [5.41, 5.74) is 0. The van der Waals surface area contributed by atoms with Crippen molar-refractivity contribution >= 4 is 46.0 Å². The Morgan fingerprint density at radius 1 is 1.22 bits per heavy atom. The van der Waals surface area contributed by atoms with E-state index < -0.39 is 0 Å². The van der Waals surface area contributed by atoms with E-state index in [1.807, 2.05) is 11.1 Å². The molecule has 1 aromatic rings. The Morgan fingerprint density at radius 2 is 1.94 bits per heavy atom. The number of thiazole rings is 1. The number of hydrogen-bond donors (Lipinski definition) is 2. The quantitative estimate of drug-likeness (QED) is 0.609. The van der Waals surface area contributed by atoms with Crippen LogP contribution in [0, 0.1) is 5.92 Å². The number of nitrogens with zero attached hydrogens (tertiary/aromatic N) is 4. The van der Waals surface area contributed by atoms with Crippen LogP contribution in [0.4, 0.5) is 9.93 Å². The summed E-state index contributed by atoms with van der Waals surface area (Å²) in [5.74, 6) is 2.69. The van der Waals surface area contributed by atoms with Gasteiger partial charge in [-0.05, 0) is 44.4 Å². The molecule has 1 saturated carbocycles. The van der Waals surface area contributed by atoms with Gasteiger partial charge in [-0.3, -0.25) is 15.1 Å². The largest absolute Gasteiger partial charge is 0.371 e. The molecule has 0 aromatic carbocycles. The molecular weight excluding hydrogens is 444 g/mol. The van der Waals surface area contributed by atoms with Gasteiger partial charge in [0, 0.05) is 38.6 Å². The summed E-state index contributed by atoms with van der Waals surface area (Å²) in [4.78, 5) is 38.0. The molecule has 0 radical (unpaired) electrons. The molecule has 0 atom stereocenters. The number of carbonyl (C=O) groups is 2. The summed E-state index contributed by atoms with van der Waals surface area (Å²) in [7, 11) is 0. The van der Waals surface area contributed by atoms with E-state index in [1.54, 1.807) is 18.7 Å². The highest BCUT2D eigenvalue weighted by Crippen LogP contribution is 2.33. The van der Waals surface area contributed by atoms with Crippen LogP contribution in [-0.4, -0.2) is 76.6 Å². The number of nitrogens with one attached hydrogen (secondary N) is 2. The Kier molecular flexibility index (Phi) is 7.93. The molecule has 1 saturated heterocycles. The zero-order valence-corrected chi connectivity index (χ0v) is 20.6. The standard InChI is InChI=1S/C22H34N6O2S2/c1-15-3-5-17(6-4-15)28(18-7-11-27(12-8-18)16(2)29)22(30)26-21-25-13-20(32-21)31-14-19-23-9-10-24-19/h13,15,17-18H,3-12,14H2,1-2H3,(H,23,24)(H,25,26,30)/t15-,17-. The highest BCUT2D eigenvalue weighted by molar-refractivity contribution is 8.01. The van der Waals surface area contributed by atoms with Gasteiger partial charge in [-0.15, -0.1) is 11.8 Å². The van der Waals surface area contributed by atoms with Crippen molar-refractivity contribution in [2.24, 2.45) is 10.9 Å². The summed E-state index contributed by atoms with van der Waals surface area (Å²) in [6.07, 6.45) is 7.94. The SMILES string of the molecule is CC(=O)N1CCC(N(C(=O)Nc2ncc(SCC3=NCCN3)s2)[C@H]2CC[C@H](C)CC2)CC1. The summed E-state index contributed by atoms with van der Waals surface area (Å²) in [5, 5.41) is 7.01. The van der Waals surface area contributed by atoms with Crippen molar-refractivity contribution in [1.82, 2.24) is 20.1 Å². The summed E-state index contributed by atoms with van der Waals surface area (Å²) in [6, 6.07) is 0.392. The van der Waals surface area contributed by atoms with Gasteiger partial charge in [-0.1, -0.05) is 18.3 Å². The lowest BCUT2D eigenvalue weighted by atomic mass is 9.85. The second kappa shape index (κ2) is 10.9. The maximum atomic E-state index is 13.4. The first-order valence-corrected chi connectivity index (χ1v) is 13.5. The monoisotopic (exact) mass is 478 g/mol. The molecule has 0 bridgehead atoms. The van der Waals surface area contributed by atoms with Gasteiger partial charge in [0.25, 0.3) is 0 Å². The average Bonchev–Trinajstić information content (AvgIpc) is 3.46. The van der Waals surface area contributed by atoms with Gasteiger partial charge in [-0.2, -0.15) is 0 Å². The molecule has 2 aliphatic heterocycles. The van der Waals surface area contributed by atoms with Crippen molar-refractivity contribution < 1.29 is 9.59 Å². The van der Waals surface area contributed by atoms with E-state index in [2.05, 4.69) is 32.4 Å². The zero-order chi connectivity index (χ0) is 22.5. The molecule has 3 amide bonds. The highest BCUT2D eigenvalue weighted by atomic mass is 32.2. The van der Waals surface area contributed by atoms with Crippen LogP contribution in [0.1, 0.15) is 52.4 Å². The molecular formula is C22H34N6O2S2. The molecule has 1 aliphatic carbocycles. The first kappa shape index (κ1) is 23.4. The maximum absolute atomic E-state index is 13.4. The van der Waals surface area contributed by atoms with Crippen LogP contribution in [0.3, 0.4) is 0 Å². The number of amidine groups is 1. The number of carbonyl (C=O) groups excluding carboxylic acids is 2. The predicted molar refractivity (Wildman–Crippen MR) is 131 cm³/mol. The van der Waals surface area contributed by atoms with E-state index in [4.69, 9.17) is 0 Å². The number of hydrogen-bond acceptors (Lipinski definition) is 7. The first-order chi connectivity index (χ1) is 15.5. The molecule has 2 N–H and O–H groups in total. The molecule has 3 aliphatic rings. The van der Waals surface area contributed by atoms with Crippen molar-refractivity contribution in [1.29, 1.82) is 0 Å². The van der Waals surface area contributed by atoms with Crippen LogP contribution >= 0.6 is 23.1 Å². The van der Waals surface area contributed by atoms with Gasteiger partial charge in [0.1, 0.15) is 5.84 Å². The predicted octanol–water partition coefficient (Wildman–Crippen LogP) is 3.66. The Bertz CT molecular complexity index is 828. The number of thioether (sulfide) groups is 1. The third-order valence-corrected chi connectivity index (χ3v) is 8.83. The van der Waals surface area contributed by atoms with Crippen LogP contribution in [0.2, 0.25) is 0 Å². The summed E-state index contributed by atoms with van der Waals surface area (Å²) < 4.78 is 1.07. The van der Waals surface area contributed by atoms with Crippen molar-refractivity contribution in [3.63, 3.8) is 0 Å². The van der Waals surface area contributed by atoms with E-state index in [0.29, 0.717) is 5.13 Å². The Balaban J connectivity index is 1.39. The molecule has 32 heavy (non-hydrogen) atoms. The fourth-order valence-corrected chi connectivity index (χ4v) is 6.62. The number of likely N-dealkylation sites (tertiary alicyclic amines) is 1. The minimum atomic E-state index is -0.0430. The number of rotatable bonds is 6. The van der Waals surface area contributed by atoms with E-state index in [0.717, 1.165) is 86.4 Å². The number of aromatic nitrogens is 1. The summed E-state index contributed by atoms with van der Waals surface area (Å²) >= 11 is 3.21. The van der Waals surface area contributed by atoms with Crippen LogP contribution in [0.5, 0.6) is 0 Å². The Labute approximate surface area is 198 Å². The van der Waals surface area contributed by atoms with Crippen LogP contribution < -0.4 is 10.6 Å². The number of amides is 3. The van der Waals surface area contributed by atoms with Gasteiger partial charge in [-0.25, -0.2) is 9.78 Å². The van der Waals surface area contributed by atoms with Gasteiger partial charge in [0.15, 0.2) is 5.13 Å². The molecule has 1 aromatic heterocycles. The van der Waals surface area contributed by atoms with Gasteiger partial charge >= 0.3 is 6.03 Å². The average molecular weight is 479 g/mol. The van der Waals surface area contributed by atoms with Crippen LogP contribution in [0.15, 0.2) is 15.4 Å². The van der Waals surface area contributed by atoms with Crippen molar-refractivity contribution in [2.75, 3.05) is 37.2 Å². The molecule has 0 spiro atoms. The van der Waals surface area contributed by atoms with Crippen molar-refractivity contribution in [2.45, 2.75) is 68.7 Å². The van der Waals surface area contributed by atoms with Gasteiger partial charge in [0.2, 0.25) is 5.91 Å². The highest BCUT2D eigenvalue weighted by Gasteiger charge is 2.35. The molecule has 2 fully saturated rings. The minimum Gasteiger partial charge on any atom is -0.371 e. The summed E-state index contributed by atoms with van der Waals surface area (Å²) in [6.45, 7) is 7.14. The normalized spacial score (nSPS) is 24.1. The second-order valence-corrected chi connectivity index (χ2v) is 11.3. The number of piperidine rings is 1.